The fourth-order valence-electron chi connectivity index (χ4n) is 1.41. The van der Waals surface area contributed by atoms with E-state index in [0.717, 1.165) is 6.42 Å². The Bertz CT molecular complexity index is 481. The van der Waals surface area contributed by atoms with Gasteiger partial charge < -0.3 is 0 Å². The second-order valence-electron chi connectivity index (χ2n) is 4.54. The molecule has 0 unspecified atom stereocenters. The van der Waals surface area contributed by atoms with Gasteiger partial charge in [0.15, 0.2) is 0 Å². The minimum absolute atomic E-state index is 0.191. The molecule has 1 aromatic rings. The maximum absolute atomic E-state index is 11.9. The SMILES string of the molecule is CC(C)CCNS(=O)(=O)Cc1c(Cl)cccc1Cl. The van der Waals surface area contributed by atoms with Crippen LogP contribution in [-0.4, -0.2) is 15.0 Å². The number of sulfonamides is 1. The highest BCUT2D eigenvalue weighted by Crippen LogP contribution is 2.25. The van der Waals surface area contributed by atoms with E-state index in [4.69, 9.17) is 23.2 Å². The predicted molar refractivity (Wildman–Crippen MR) is 76.5 cm³/mol. The average molecular weight is 310 g/mol. The van der Waals surface area contributed by atoms with E-state index in [0.29, 0.717) is 28.1 Å². The monoisotopic (exact) mass is 309 g/mol. The summed E-state index contributed by atoms with van der Waals surface area (Å²) in [6.07, 6.45) is 0.801. The summed E-state index contributed by atoms with van der Waals surface area (Å²) in [7, 11) is -3.39. The summed E-state index contributed by atoms with van der Waals surface area (Å²) in [5.41, 5.74) is 0.442. The Labute approximate surface area is 119 Å². The lowest BCUT2D eigenvalue weighted by Crippen LogP contribution is -2.27. The molecule has 3 nitrogen and oxygen atoms in total. The number of rotatable bonds is 6. The molecular weight excluding hydrogens is 293 g/mol. The lowest BCUT2D eigenvalue weighted by molar-refractivity contribution is 0.551. The van der Waals surface area contributed by atoms with Crippen molar-refractivity contribution in [1.82, 2.24) is 4.72 Å². The van der Waals surface area contributed by atoms with Crippen molar-refractivity contribution in [3.8, 4) is 0 Å². The summed E-state index contributed by atoms with van der Waals surface area (Å²) in [4.78, 5) is 0. The van der Waals surface area contributed by atoms with E-state index in [2.05, 4.69) is 4.72 Å². The normalized spacial score (nSPS) is 12.1. The number of hydrogen-bond acceptors (Lipinski definition) is 2. The van der Waals surface area contributed by atoms with Crippen molar-refractivity contribution < 1.29 is 8.42 Å². The number of halogens is 2. The molecule has 0 aromatic heterocycles. The van der Waals surface area contributed by atoms with Gasteiger partial charge in [-0.1, -0.05) is 43.1 Å². The molecule has 0 spiro atoms. The maximum Gasteiger partial charge on any atom is 0.215 e. The van der Waals surface area contributed by atoms with E-state index in [1.807, 2.05) is 13.8 Å². The molecule has 0 saturated carbocycles. The van der Waals surface area contributed by atoms with Crippen molar-refractivity contribution >= 4 is 33.2 Å². The summed E-state index contributed by atoms with van der Waals surface area (Å²) in [5, 5.41) is 0.744. The van der Waals surface area contributed by atoms with Gasteiger partial charge in [-0.25, -0.2) is 13.1 Å². The van der Waals surface area contributed by atoms with E-state index in [1.54, 1.807) is 18.2 Å². The van der Waals surface area contributed by atoms with Gasteiger partial charge in [0.2, 0.25) is 10.0 Å². The zero-order chi connectivity index (χ0) is 13.8. The van der Waals surface area contributed by atoms with Crippen LogP contribution < -0.4 is 4.72 Å². The molecule has 1 aromatic carbocycles. The van der Waals surface area contributed by atoms with Gasteiger partial charge in [0.25, 0.3) is 0 Å². The van der Waals surface area contributed by atoms with E-state index in [-0.39, 0.29) is 5.75 Å². The van der Waals surface area contributed by atoms with Crippen LogP contribution in [0.4, 0.5) is 0 Å². The number of benzene rings is 1. The molecule has 0 amide bonds. The number of hydrogen-bond donors (Lipinski definition) is 1. The quantitative estimate of drug-likeness (QED) is 0.874. The lowest BCUT2D eigenvalue weighted by atomic mass is 10.1. The first kappa shape index (κ1) is 15.8. The Morgan fingerprint density at radius 2 is 1.78 bits per heavy atom. The van der Waals surface area contributed by atoms with Crippen molar-refractivity contribution in [2.75, 3.05) is 6.54 Å². The first-order valence-corrected chi connectivity index (χ1v) is 8.13. The van der Waals surface area contributed by atoms with Gasteiger partial charge >= 0.3 is 0 Å². The average Bonchev–Trinajstić information content (AvgIpc) is 2.23. The summed E-state index contributed by atoms with van der Waals surface area (Å²) in [6.45, 7) is 4.51. The Kier molecular flexibility index (Phi) is 5.92. The molecule has 6 heteroatoms. The van der Waals surface area contributed by atoms with Crippen LogP contribution in [0.2, 0.25) is 10.0 Å². The Morgan fingerprint density at radius 1 is 1.22 bits per heavy atom. The molecule has 102 valence electrons. The van der Waals surface area contributed by atoms with Crippen LogP contribution in [0.3, 0.4) is 0 Å². The molecule has 1 N–H and O–H groups in total. The van der Waals surface area contributed by atoms with E-state index in [1.165, 1.54) is 0 Å². The first-order chi connectivity index (χ1) is 8.32. The predicted octanol–water partition coefficient (Wildman–Crippen LogP) is 3.46. The van der Waals surface area contributed by atoms with Crippen molar-refractivity contribution in [2.45, 2.75) is 26.0 Å². The number of nitrogens with one attached hydrogen (secondary N) is 1. The van der Waals surface area contributed by atoms with Crippen molar-refractivity contribution in [2.24, 2.45) is 5.92 Å². The van der Waals surface area contributed by atoms with E-state index < -0.39 is 10.0 Å². The topological polar surface area (TPSA) is 46.2 Å². The van der Waals surface area contributed by atoms with Gasteiger partial charge in [-0.2, -0.15) is 0 Å². The highest BCUT2D eigenvalue weighted by atomic mass is 35.5. The van der Waals surface area contributed by atoms with Crippen molar-refractivity contribution in [1.29, 1.82) is 0 Å². The smallest absolute Gasteiger partial charge is 0.215 e. The van der Waals surface area contributed by atoms with Crippen molar-refractivity contribution in [3.63, 3.8) is 0 Å². The van der Waals surface area contributed by atoms with Gasteiger partial charge in [-0.3, -0.25) is 0 Å². The van der Waals surface area contributed by atoms with Gasteiger partial charge in [0.05, 0.1) is 5.75 Å². The molecule has 0 heterocycles. The lowest BCUT2D eigenvalue weighted by Gasteiger charge is -2.10. The first-order valence-electron chi connectivity index (χ1n) is 5.72. The second kappa shape index (κ2) is 6.75. The van der Waals surface area contributed by atoms with Crippen LogP contribution in [0.1, 0.15) is 25.8 Å². The Balaban J connectivity index is 2.71. The third-order valence-corrected chi connectivity index (χ3v) is 4.46. The van der Waals surface area contributed by atoms with Crippen LogP contribution in [0.15, 0.2) is 18.2 Å². The summed E-state index contributed by atoms with van der Waals surface area (Å²) in [5.74, 6) is 0.264. The molecule has 0 bridgehead atoms. The molecule has 0 aliphatic heterocycles. The summed E-state index contributed by atoms with van der Waals surface area (Å²) < 4.78 is 26.3. The standard InChI is InChI=1S/C12H17Cl2NO2S/c1-9(2)6-7-15-18(16,17)8-10-11(13)4-3-5-12(10)14/h3-5,9,15H,6-8H2,1-2H3. The molecule has 18 heavy (non-hydrogen) atoms. The van der Waals surface area contributed by atoms with E-state index >= 15 is 0 Å². The van der Waals surface area contributed by atoms with E-state index in [9.17, 15) is 8.42 Å². The Morgan fingerprint density at radius 3 is 2.28 bits per heavy atom. The fourth-order valence-corrected chi connectivity index (χ4v) is 3.33. The van der Waals surface area contributed by atoms with Crippen LogP contribution >= 0.6 is 23.2 Å². The largest absolute Gasteiger partial charge is 0.215 e. The van der Waals surface area contributed by atoms with Gasteiger partial charge in [0.1, 0.15) is 0 Å². The highest BCUT2D eigenvalue weighted by molar-refractivity contribution is 7.88. The van der Waals surface area contributed by atoms with Crippen LogP contribution in [0.25, 0.3) is 0 Å². The molecule has 0 aliphatic carbocycles. The third kappa shape index (κ3) is 5.14. The van der Waals surface area contributed by atoms with Crippen LogP contribution in [0.5, 0.6) is 0 Å². The molecule has 0 radical (unpaired) electrons. The van der Waals surface area contributed by atoms with Crippen LogP contribution in [-0.2, 0) is 15.8 Å². The highest BCUT2D eigenvalue weighted by Gasteiger charge is 2.16. The fraction of sp³-hybridized carbons (Fsp3) is 0.500. The van der Waals surface area contributed by atoms with Gasteiger partial charge in [-0.05, 0) is 24.5 Å². The van der Waals surface area contributed by atoms with Gasteiger partial charge in [0, 0.05) is 22.2 Å². The Hall–Kier alpha value is -0.290. The molecular formula is C12H17Cl2NO2S. The summed E-state index contributed by atoms with van der Waals surface area (Å²) >= 11 is 11.9. The second-order valence-corrected chi connectivity index (χ2v) is 7.16. The molecule has 0 saturated heterocycles. The molecule has 0 atom stereocenters. The molecule has 0 aliphatic rings. The van der Waals surface area contributed by atoms with Gasteiger partial charge in [-0.15, -0.1) is 0 Å². The minimum atomic E-state index is -3.39. The zero-order valence-electron chi connectivity index (χ0n) is 10.4. The molecule has 1 rings (SSSR count). The van der Waals surface area contributed by atoms with Crippen molar-refractivity contribution in [3.05, 3.63) is 33.8 Å². The summed E-state index contributed by atoms with van der Waals surface area (Å²) in [6, 6.07) is 4.95. The minimum Gasteiger partial charge on any atom is -0.215 e. The maximum atomic E-state index is 11.9. The third-order valence-electron chi connectivity index (χ3n) is 2.44. The molecule has 0 fully saturated rings. The van der Waals surface area contributed by atoms with Crippen LogP contribution in [0, 0.1) is 5.92 Å². The zero-order valence-corrected chi connectivity index (χ0v) is 12.7.